The lowest BCUT2D eigenvalue weighted by atomic mass is 10.1. The Kier molecular flexibility index (Phi) is 9.03. The van der Waals surface area contributed by atoms with Gasteiger partial charge in [0.25, 0.3) is 0 Å². The van der Waals surface area contributed by atoms with E-state index in [0.717, 1.165) is 12.8 Å². The number of methoxy groups -OCH3 is 1. The Balaban J connectivity index is 4.51. The molecular weight excluding hydrogens is 220 g/mol. The van der Waals surface area contributed by atoms with Crippen LogP contribution in [0.4, 0.5) is 0 Å². The molecule has 1 atom stereocenters. The Morgan fingerprint density at radius 3 is 2.41 bits per heavy atom. The second-order valence-corrected chi connectivity index (χ2v) is 4.11. The smallest absolute Gasteiger partial charge is 0.239 e. The van der Waals surface area contributed by atoms with Crippen LogP contribution in [-0.2, 0) is 9.53 Å². The first-order valence-electron chi connectivity index (χ1n) is 6.28. The Morgan fingerprint density at radius 2 is 2.00 bits per heavy atom. The van der Waals surface area contributed by atoms with Crippen molar-refractivity contribution in [3.05, 3.63) is 0 Å². The lowest BCUT2D eigenvalue weighted by Crippen LogP contribution is -2.49. The van der Waals surface area contributed by atoms with Gasteiger partial charge in [-0.2, -0.15) is 0 Å². The fraction of sp³-hybridized carbons (Fsp3) is 0.917. The molecule has 1 unspecified atom stereocenters. The number of rotatable bonds is 9. The molecule has 0 bridgehead atoms. The van der Waals surface area contributed by atoms with Crippen LogP contribution in [0.5, 0.6) is 0 Å². The fourth-order valence-corrected chi connectivity index (χ4v) is 1.89. The summed E-state index contributed by atoms with van der Waals surface area (Å²) < 4.78 is 4.92. The van der Waals surface area contributed by atoms with Gasteiger partial charge in [-0.3, -0.25) is 4.79 Å². The molecule has 0 heterocycles. The van der Waals surface area contributed by atoms with Crippen LogP contribution >= 0.6 is 0 Å². The molecule has 5 heteroatoms. The summed E-state index contributed by atoms with van der Waals surface area (Å²) in [4.78, 5) is 13.8. The zero-order valence-electron chi connectivity index (χ0n) is 11.2. The molecule has 0 aromatic carbocycles. The van der Waals surface area contributed by atoms with E-state index in [2.05, 4.69) is 0 Å². The summed E-state index contributed by atoms with van der Waals surface area (Å²) in [5, 5.41) is 9.02. The van der Waals surface area contributed by atoms with Gasteiger partial charge in [-0.25, -0.2) is 0 Å². The zero-order valence-corrected chi connectivity index (χ0v) is 11.2. The molecule has 1 amide bonds. The summed E-state index contributed by atoms with van der Waals surface area (Å²) in [6, 6.07) is -0.384. The van der Waals surface area contributed by atoms with Crippen LogP contribution in [0.2, 0.25) is 0 Å². The van der Waals surface area contributed by atoms with Crippen LogP contribution in [0.1, 0.15) is 33.1 Å². The average Bonchev–Trinajstić information content (AvgIpc) is 2.35. The predicted octanol–water partition coefficient (Wildman–Crippen LogP) is 0.360. The van der Waals surface area contributed by atoms with Crippen LogP contribution in [0.15, 0.2) is 0 Å². The lowest BCUT2D eigenvalue weighted by molar-refractivity contribution is -0.136. The third-order valence-electron chi connectivity index (χ3n) is 2.96. The molecule has 102 valence electrons. The Hall–Kier alpha value is -0.650. The van der Waals surface area contributed by atoms with Gasteiger partial charge in [-0.05, 0) is 19.3 Å². The molecule has 3 N–H and O–H groups in total. The van der Waals surface area contributed by atoms with Crippen molar-refractivity contribution in [3.63, 3.8) is 0 Å². The van der Waals surface area contributed by atoms with Crippen molar-refractivity contribution in [2.24, 2.45) is 5.73 Å². The first-order chi connectivity index (χ1) is 8.12. The highest BCUT2D eigenvalue weighted by molar-refractivity contribution is 5.81. The van der Waals surface area contributed by atoms with E-state index in [0.29, 0.717) is 19.6 Å². The van der Waals surface area contributed by atoms with E-state index in [-0.39, 0.29) is 18.6 Å². The van der Waals surface area contributed by atoms with Crippen LogP contribution in [-0.4, -0.2) is 54.9 Å². The number of aliphatic hydroxyl groups excluding tert-OH is 1. The highest BCUT2D eigenvalue weighted by Crippen LogP contribution is 2.10. The molecule has 0 aliphatic heterocycles. The third kappa shape index (κ3) is 5.48. The van der Waals surface area contributed by atoms with E-state index < -0.39 is 6.04 Å². The number of aliphatic hydroxyl groups is 1. The SMILES string of the molecule is CCC(CC)N(CCO)C(=O)C(N)CCOC. The van der Waals surface area contributed by atoms with Gasteiger partial charge in [0.05, 0.1) is 12.6 Å². The fourth-order valence-electron chi connectivity index (χ4n) is 1.89. The van der Waals surface area contributed by atoms with Crippen molar-refractivity contribution in [1.82, 2.24) is 4.90 Å². The molecule has 17 heavy (non-hydrogen) atoms. The largest absolute Gasteiger partial charge is 0.395 e. The molecular formula is C12H26N2O3. The maximum absolute atomic E-state index is 12.1. The van der Waals surface area contributed by atoms with E-state index in [1.165, 1.54) is 0 Å². The van der Waals surface area contributed by atoms with E-state index in [9.17, 15) is 4.79 Å². The highest BCUT2D eigenvalue weighted by Gasteiger charge is 2.25. The van der Waals surface area contributed by atoms with Gasteiger partial charge in [0.2, 0.25) is 5.91 Å². The van der Waals surface area contributed by atoms with Gasteiger partial charge in [-0.1, -0.05) is 13.8 Å². The lowest BCUT2D eigenvalue weighted by Gasteiger charge is -2.32. The van der Waals surface area contributed by atoms with E-state index in [4.69, 9.17) is 15.6 Å². The number of amides is 1. The van der Waals surface area contributed by atoms with Gasteiger partial charge in [0.15, 0.2) is 0 Å². The molecule has 0 saturated carbocycles. The van der Waals surface area contributed by atoms with Crippen molar-refractivity contribution < 1.29 is 14.6 Å². The second kappa shape index (κ2) is 9.39. The minimum Gasteiger partial charge on any atom is -0.395 e. The van der Waals surface area contributed by atoms with Crippen molar-refractivity contribution in [2.75, 3.05) is 26.9 Å². The number of nitrogens with zero attached hydrogens (tertiary/aromatic N) is 1. The number of nitrogens with two attached hydrogens (primary N) is 1. The second-order valence-electron chi connectivity index (χ2n) is 4.11. The minimum atomic E-state index is -0.540. The van der Waals surface area contributed by atoms with Crippen molar-refractivity contribution in [1.29, 1.82) is 0 Å². The number of carbonyl (C=O) groups is 1. The number of carbonyl (C=O) groups excluding carboxylic acids is 1. The quantitative estimate of drug-likeness (QED) is 0.616. The first kappa shape index (κ1) is 16.4. The van der Waals surface area contributed by atoms with Crippen LogP contribution in [0, 0.1) is 0 Å². The molecule has 0 aliphatic rings. The monoisotopic (exact) mass is 246 g/mol. The van der Waals surface area contributed by atoms with E-state index in [1.54, 1.807) is 12.0 Å². The summed E-state index contributed by atoms with van der Waals surface area (Å²) in [5.41, 5.74) is 5.83. The van der Waals surface area contributed by atoms with Gasteiger partial charge in [0.1, 0.15) is 0 Å². The van der Waals surface area contributed by atoms with Gasteiger partial charge >= 0.3 is 0 Å². The Bertz CT molecular complexity index is 208. The maximum Gasteiger partial charge on any atom is 0.239 e. The molecule has 0 fully saturated rings. The van der Waals surface area contributed by atoms with Crippen molar-refractivity contribution in [3.8, 4) is 0 Å². The molecule has 0 radical (unpaired) electrons. The number of hydrogen-bond donors (Lipinski definition) is 2. The van der Waals surface area contributed by atoms with Crippen LogP contribution in [0.25, 0.3) is 0 Å². The number of hydrogen-bond acceptors (Lipinski definition) is 4. The standard InChI is InChI=1S/C12H26N2O3/c1-4-10(5-2)14(7-8-15)12(16)11(13)6-9-17-3/h10-11,15H,4-9,13H2,1-3H3. The first-order valence-corrected chi connectivity index (χ1v) is 6.28. The molecule has 0 saturated heterocycles. The van der Waals surface area contributed by atoms with Crippen LogP contribution in [0.3, 0.4) is 0 Å². The average molecular weight is 246 g/mol. The van der Waals surface area contributed by atoms with E-state index >= 15 is 0 Å². The molecule has 0 aromatic heterocycles. The maximum atomic E-state index is 12.1. The normalized spacial score (nSPS) is 12.8. The summed E-state index contributed by atoms with van der Waals surface area (Å²) in [6.07, 6.45) is 2.26. The predicted molar refractivity (Wildman–Crippen MR) is 67.6 cm³/mol. The third-order valence-corrected chi connectivity index (χ3v) is 2.96. The number of ether oxygens (including phenoxy) is 1. The van der Waals surface area contributed by atoms with Gasteiger partial charge in [0, 0.05) is 26.3 Å². The van der Waals surface area contributed by atoms with Crippen molar-refractivity contribution in [2.45, 2.75) is 45.2 Å². The highest BCUT2D eigenvalue weighted by atomic mass is 16.5. The molecule has 0 spiro atoms. The van der Waals surface area contributed by atoms with E-state index in [1.807, 2.05) is 13.8 Å². The van der Waals surface area contributed by atoms with Crippen LogP contribution < -0.4 is 5.73 Å². The minimum absolute atomic E-state index is 0.0285. The zero-order chi connectivity index (χ0) is 13.3. The molecule has 0 aromatic rings. The van der Waals surface area contributed by atoms with Gasteiger partial charge in [-0.15, -0.1) is 0 Å². The topological polar surface area (TPSA) is 75.8 Å². The molecule has 0 rings (SSSR count). The van der Waals surface area contributed by atoms with Crippen molar-refractivity contribution >= 4 is 5.91 Å². The summed E-state index contributed by atoms with van der Waals surface area (Å²) >= 11 is 0. The molecule has 5 nitrogen and oxygen atoms in total. The summed E-state index contributed by atoms with van der Waals surface area (Å²) in [5.74, 6) is -0.0928. The van der Waals surface area contributed by atoms with Gasteiger partial charge < -0.3 is 20.5 Å². The Labute approximate surface area is 104 Å². The molecule has 0 aliphatic carbocycles. The Morgan fingerprint density at radius 1 is 1.41 bits per heavy atom. The summed E-state index contributed by atoms with van der Waals surface area (Å²) in [7, 11) is 1.59. The summed E-state index contributed by atoms with van der Waals surface area (Å²) in [6.45, 7) is 4.87.